The molecule has 0 saturated heterocycles. The summed E-state index contributed by atoms with van der Waals surface area (Å²) < 4.78 is 27.9. The lowest BCUT2D eigenvalue weighted by atomic mass is 10.2. The fraction of sp³-hybridized carbons (Fsp3) is 0.250. The fourth-order valence-corrected chi connectivity index (χ4v) is 3.24. The molecule has 1 heterocycles. The van der Waals surface area contributed by atoms with Gasteiger partial charge in [-0.25, -0.2) is 0 Å². The van der Waals surface area contributed by atoms with Crippen LogP contribution < -0.4 is 4.72 Å². The third kappa shape index (κ3) is 2.87. The van der Waals surface area contributed by atoms with Gasteiger partial charge in [0.25, 0.3) is 10.0 Å². The molecule has 20 heavy (non-hydrogen) atoms. The summed E-state index contributed by atoms with van der Waals surface area (Å²) in [6.45, 7) is 3.12. The number of aromatic nitrogens is 2. The summed E-state index contributed by atoms with van der Waals surface area (Å²) in [6.07, 6.45) is 0. The van der Waals surface area contributed by atoms with E-state index in [2.05, 4.69) is 30.8 Å². The minimum absolute atomic E-state index is 0.182. The van der Waals surface area contributed by atoms with Gasteiger partial charge in [-0.15, -0.1) is 0 Å². The normalized spacial score (nSPS) is 11.6. The number of benzene rings is 1. The molecule has 2 aromatic rings. The first-order valence-corrected chi connectivity index (χ1v) is 8.06. The van der Waals surface area contributed by atoms with Crippen LogP contribution in [0.1, 0.15) is 16.8 Å². The van der Waals surface area contributed by atoms with E-state index in [9.17, 15) is 13.5 Å². The van der Waals surface area contributed by atoms with Crippen molar-refractivity contribution in [3.05, 3.63) is 39.5 Å². The topological polar surface area (TPSA) is 95.1 Å². The number of aliphatic hydroxyl groups excluding tert-OH is 1. The lowest BCUT2D eigenvalue weighted by Gasteiger charge is -2.08. The van der Waals surface area contributed by atoms with Crippen molar-refractivity contribution in [3.8, 4) is 0 Å². The Kier molecular flexibility index (Phi) is 4.17. The minimum Gasteiger partial charge on any atom is -0.392 e. The van der Waals surface area contributed by atoms with Gasteiger partial charge in [0.2, 0.25) is 5.03 Å². The Morgan fingerprint density at radius 3 is 2.70 bits per heavy atom. The number of aryl methyl sites for hydroxylation is 2. The second-order valence-electron chi connectivity index (χ2n) is 4.36. The summed E-state index contributed by atoms with van der Waals surface area (Å²) >= 11 is 3.35. The molecule has 0 saturated carbocycles. The monoisotopic (exact) mass is 359 g/mol. The summed E-state index contributed by atoms with van der Waals surface area (Å²) in [4.78, 5) is 0. The van der Waals surface area contributed by atoms with Crippen molar-refractivity contribution in [1.29, 1.82) is 0 Å². The second kappa shape index (κ2) is 5.55. The van der Waals surface area contributed by atoms with Crippen molar-refractivity contribution in [1.82, 2.24) is 10.2 Å². The Labute approximate surface area is 125 Å². The lowest BCUT2D eigenvalue weighted by Crippen LogP contribution is -2.15. The van der Waals surface area contributed by atoms with E-state index in [4.69, 9.17) is 0 Å². The molecule has 0 bridgehead atoms. The zero-order valence-electron chi connectivity index (χ0n) is 10.9. The Bertz CT molecular complexity index is 740. The molecule has 2 rings (SSSR count). The number of nitrogens with one attached hydrogen (secondary N) is 2. The van der Waals surface area contributed by atoms with E-state index in [1.807, 2.05) is 6.92 Å². The van der Waals surface area contributed by atoms with Crippen LogP contribution in [0.3, 0.4) is 0 Å². The number of halogens is 1. The Morgan fingerprint density at radius 2 is 2.10 bits per heavy atom. The number of aliphatic hydroxyl groups is 1. The number of aromatic amines is 1. The van der Waals surface area contributed by atoms with Crippen LogP contribution in [-0.2, 0) is 16.6 Å². The zero-order chi connectivity index (χ0) is 14.9. The van der Waals surface area contributed by atoms with E-state index in [1.54, 1.807) is 25.1 Å². The molecule has 0 aliphatic heterocycles. The first-order chi connectivity index (χ1) is 9.35. The lowest BCUT2D eigenvalue weighted by molar-refractivity contribution is 0.277. The molecule has 1 aromatic carbocycles. The van der Waals surface area contributed by atoms with Gasteiger partial charge >= 0.3 is 0 Å². The molecule has 108 valence electrons. The highest BCUT2D eigenvalue weighted by Gasteiger charge is 2.23. The Morgan fingerprint density at radius 1 is 1.40 bits per heavy atom. The molecule has 0 aliphatic rings. The van der Waals surface area contributed by atoms with E-state index in [1.165, 1.54) is 0 Å². The van der Waals surface area contributed by atoms with Crippen molar-refractivity contribution in [3.63, 3.8) is 0 Å². The maximum atomic E-state index is 12.3. The third-order valence-electron chi connectivity index (χ3n) is 2.86. The quantitative estimate of drug-likeness (QED) is 0.778. The maximum absolute atomic E-state index is 12.3. The Hall–Kier alpha value is -1.38. The van der Waals surface area contributed by atoms with Crippen LogP contribution in [-0.4, -0.2) is 23.7 Å². The van der Waals surface area contributed by atoms with E-state index < -0.39 is 16.6 Å². The molecule has 0 fully saturated rings. The van der Waals surface area contributed by atoms with Crippen LogP contribution in [0.4, 0.5) is 5.69 Å². The van der Waals surface area contributed by atoms with Gasteiger partial charge < -0.3 is 5.11 Å². The van der Waals surface area contributed by atoms with Crippen LogP contribution in [0.25, 0.3) is 0 Å². The fourth-order valence-electron chi connectivity index (χ4n) is 1.75. The van der Waals surface area contributed by atoms with Crippen molar-refractivity contribution < 1.29 is 13.5 Å². The van der Waals surface area contributed by atoms with E-state index in [0.29, 0.717) is 11.4 Å². The molecule has 0 radical (unpaired) electrons. The zero-order valence-corrected chi connectivity index (χ0v) is 13.3. The third-order valence-corrected chi connectivity index (χ3v) is 5.10. The summed E-state index contributed by atoms with van der Waals surface area (Å²) in [7, 11) is -3.83. The number of rotatable bonds is 4. The van der Waals surface area contributed by atoms with Gasteiger partial charge in [0.05, 0.1) is 6.61 Å². The molecule has 0 atom stereocenters. The average Bonchev–Trinajstić information content (AvgIpc) is 2.75. The summed E-state index contributed by atoms with van der Waals surface area (Å²) in [5.41, 5.74) is 2.15. The van der Waals surface area contributed by atoms with Crippen LogP contribution in [0, 0.1) is 13.8 Å². The molecule has 6 nitrogen and oxygen atoms in total. The van der Waals surface area contributed by atoms with E-state index >= 15 is 0 Å². The van der Waals surface area contributed by atoms with Crippen LogP contribution >= 0.6 is 15.9 Å². The standard InChI is InChI=1S/C12H14BrN3O3S/c1-7-5-9(3-4-11(7)13)16-20(18,19)12-10(6-17)8(2)14-15-12/h3-5,16-17H,6H2,1-2H3,(H,14,15). The largest absolute Gasteiger partial charge is 0.392 e. The first-order valence-electron chi connectivity index (χ1n) is 5.79. The first kappa shape index (κ1) is 15.0. The molecule has 0 aliphatic carbocycles. The van der Waals surface area contributed by atoms with E-state index in [-0.39, 0.29) is 10.6 Å². The molecule has 0 amide bonds. The van der Waals surface area contributed by atoms with Gasteiger partial charge in [0.1, 0.15) is 0 Å². The van der Waals surface area contributed by atoms with Gasteiger partial charge in [0.15, 0.2) is 0 Å². The van der Waals surface area contributed by atoms with Crippen molar-refractivity contribution >= 4 is 31.6 Å². The maximum Gasteiger partial charge on any atom is 0.281 e. The highest BCUT2D eigenvalue weighted by molar-refractivity contribution is 9.10. The molecule has 0 unspecified atom stereocenters. The highest BCUT2D eigenvalue weighted by atomic mass is 79.9. The summed E-state index contributed by atoms with van der Waals surface area (Å²) in [6, 6.07) is 5.11. The molecule has 1 aromatic heterocycles. The van der Waals surface area contributed by atoms with Gasteiger partial charge in [-0.1, -0.05) is 15.9 Å². The number of hydrogen-bond donors (Lipinski definition) is 3. The van der Waals surface area contributed by atoms with E-state index in [0.717, 1.165) is 10.0 Å². The predicted molar refractivity (Wildman–Crippen MR) is 78.9 cm³/mol. The van der Waals surface area contributed by atoms with Crippen molar-refractivity contribution in [2.24, 2.45) is 0 Å². The SMILES string of the molecule is Cc1cc(NS(=O)(=O)c2n[nH]c(C)c2CO)ccc1Br. The van der Waals surface area contributed by atoms with Gasteiger partial charge in [-0.2, -0.15) is 13.5 Å². The molecule has 0 spiro atoms. The average molecular weight is 360 g/mol. The smallest absolute Gasteiger partial charge is 0.281 e. The number of sulfonamides is 1. The number of anilines is 1. The highest BCUT2D eigenvalue weighted by Crippen LogP contribution is 2.23. The number of nitrogens with zero attached hydrogens (tertiary/aromatic N) is 1. The second-order valence-corrected chi connectivity index (χ2v) is 6.81. The molecular formula is C12H14BrN3O3S. The number of hydrogen-bond acceptors (Lipinski definition) is 4. The van der Waals surface area contributed by atoms with Crippen LogP contribution in [0.5, 0.6) is 0 Å². The minimum atomic E-state index is -3.83. The summed E-state index contributed by atoms with van der Waals surface area (Å²) in [5.74, 6) is 0. The number of H-pyrrole nitrogens is 1. The van der Waals surface area contributed by atoms with Gasteiger partial charge in [-0.3, -0.25) is 9.82 Å². The van der Waals surface area contributed by atoms with Gasteiger partial charge in [-0.05, 0) is 37.6 Å². The van der Waals surface area contributed by atoms with Gasteiger partial charge in [0, 0.05) is 21.4 Å². The van der Waals surface area contributed by atoms with Crippen LogP contribution in [0.15, 0.2) is 27.7 Å². The predicted octanol–water partition coefficient (Wildman–Crippen LogP) is 2.08. The summed E-state index contributed by atoms with van der Waals surface area (Å²) in [5, 5.41) is 15.4. The van der Waals surface area contributed by atoms with Crippen molar-refractivity contribution in [2.75, 3.05) is 4.72 Å². The molecule has 3 N–H and O–H groups in total. The van der Waals surface area contributed by atoms with Crippen molar-refractivity contribution in [2.45, 2.75) is 25.5 Å². The van der Waals surface area contributed by atoms with Crippen LogP contribution in [0.2, 0.25) is 0 Å². The molecule has 8 heteroatoms. The molecular weight excluding hydrogens is 346 g/mol. The Balaban J connectivity index is 2.38.